The summed E-state index contributed by atoms with van der Waals surface area (Å²) < 4.78 is 24.7. The number of anilines is 1. The van der Waals surface area contributed by atoms with E-state index in [1.54, 1.807) is 24.3 Å². The Hall–Kier alpha value is -2.34. The second-order valence-corrected chi connectivity index (χ2v) is 6.53. The fourth-order valence-corrected chi connectivity index (χ4v) is 3.83. The van der Waals surface area contributed by atoms with E-state index in [9.17, 15) is 8.42 Å². The van der Waals surface area contributed by atoms with E-state index < -0.39 is 15.9 Å². The molecule has 1 aliphatic heterocycles. The number of hydrogen-bond donors (Lipinski definition) is 2. The van der Waals surface area contributed by atoms with E-state index in [1.807, 2.05) is 24.3 Å². The Kier molecular flexibility index (Phi) is 2.56. The quantitative estimate of drug-likeness (QED) is 0.724. The zero-order valence-electron chi connectivity index (χ0n) is 10.9. The predicted octanol–water partition coefficient (Wildman–Crippen LogP) is 2.54. The van der Waals surface area contributed by atoms with E-state index in [-0.39, 0.29) is 4.90 Å². The molecule has 0 amide bonds. The third kappa shape index (κ3) is 1.91. The van der Waals surface area contributed by atoms with Crippen LogP contribution in [0.15, 0.2) is 53.4 Å². The highest BCUT2D eigenvalue weighted by Crippen LogP contribution is 2.37. The van der Waals surface area contributed by atoms with E-state index in [1.165, 1.54) is 0 Å². The van der Waals surface area contributed by atoms with Gasteiger partial charge in [0.2, 0.25) is 0 Å². The summed E-state index contributed by atoms with van der Waals surface area (Å²) in [5, 5.41) is 11.2. The van der Waals surface area contributed by atoms with Gasteiger partial charge in [-0.25, -0.2) is 8.42 Å². The maximum absolute atomic E-state index is 12.3. The van der Waals surface area contributed by atoms with Crippen molar-refractivity contribution in [1.29, 1.82) is 0 Å². The van der Waals surface area contributed by atoms with Crippen LogP contribution in [-0.2, 0) is 9.84 Å². The molecular formula is C15H11N3O2S. The maximum atomic E-state index is 12.3. The first kappa shape index (κ1) is 12.4. The molecule has 0 fully saturated rings. The molecule has 0 saturated heterocycles. The van der Waals surface area contributed by atoms with Crippen LogP contribution in [0.3, 0.4) is 0 Å². The number of para-hydroxylation sites is 2. The fourth-order valence-electron chi connectivity index (χ4n) is 2.55. The molecule has 2 N–H and O–H groups in total. The van der Waals surface area contributed by atoms with Crippen LogP contribution in [0.1, 0.15) is 11.7 Å². The zero-order chi connectivity index (χ0) is 14.4. The van der Waals surface area contributed by atoms with Crippen molar-refractivity contribution in [3.63, 3.8) is 0 Å². The lowest BCUT2D eigenvalue weighted by Gasteiger charge is -2.24. The van der Waals surface area contributed by atoms with Crippen LogP contribution in [0.25, 0.3) is 10.9 Å². The number of H-pyrrole nitrogens is 1. The second kappa shape index (κ2) is 4.33. The number of rotatable bonds is 1. The summed E-state index contributed by atoms with van der Waals surface area (Å²) in [6, 6.07) is 13.8. The third-order valence-electron chi connectivity index (χ3n) is 3.52. The second-order valence-electron chi connectivity index (χ2n) is 4.85. The Balaban J connectivity index is 1.85. The van der Waals surface area contributed by atoms with Crippen molar-refractivity contribution in [2.24, 2.45) is 0 Å². The lowest BCUT2D eigenvalue weighted by Crippen LogP contribution is -2.23. The minimum atomic E-state index is -3.55. The first-order valence-corrected chi connectivity index (χ1v) is 7.94. The molecular weight excluding hydrogens is 286 g/mol. The van der Waals surface area contributed by atoms with Gasteiger partial charge in [0.15, 0.2) is 15.6 Å². The summed E-state index contributed by atoms with van der Waals surface area (Å²) in [5.74, 6) is 2.62. The number of hydrogen-bond acceptors (Lipinski definition) is 4. The van der Waals surface area contributed by atoms with Gasteiger partial charge in [-0.3, -0.25) is 5.10 Å². The largest absolute Gasteiger partial charge is 0.374 e. The van der Waals surface area contributed by atoms with E-state index >= 15 is 0 Å². The zero-order valence-corrected chi connectivity index (χ0v) is 11.7. The van der Waals surface area contributed by atoms with Crippen molar-refractivity contribution in [1.82, 2.24) is 10.2 Å². The minimum absolute atomic E-state index is 0.251. The number of benzene rings is 2. The Bertz CT molecular complexity index is 931. The number of fused-ring (bicyclic) bond motifs is 2. The lowest BCUT2D eigenvalue weighted by atomic mass is 10.1. The Morgan fingerprint density at radius 3 is 2.71 bits per heavy atom. The van der Waals surface area contributed by atoms with Crippen molar-refractivity contribution >= 4 is 26.4 Å². The maximum Gasteiger partial charge on any atom is 0.192 e. The van der Waals surface area contributed by atoms with E-state index in [2.05, 4.69) is 21.3 Å². The van der Waals surface area contributed by atoms with Gasteiger partial charge in [0, 0.05) is 5.39 Å². The van der Waals surface area contributed by atoms with Crippen molar-refractivity contribution in [3.05, 3.63) is 60.0 Å². The molecule has 104 valence electrons. The lowest BCUT2D eigenvalue weighted by molar-refractivity contribution is 0.595. The van der Waals surface area contributed by atoms with Crippen molar-refractivity contribution in [3.8, 4) is 0 Å². The highest BCUT2D eigenvalue weighted by Gasteiger charge is 2.33. The molecule has 0 aliphatic carbocycles. The van der Waals surface area contributed by atoms with E-state index in [4.69, 9.17) is 0 Å². The van der Waals surface area contributed by atoms with Gasteiger partial charge < -0.3 is 5.32 Å². The molecule has 0 saturated carbocycles. The van der Waals surface area contributed by atoms with Crippen molar-refractivity contribution in [2.75, 3.05) is 5.32 Å². The van der Waals surface area contributed by atoms with E-state index in [0.29, 0.717) is 11.4 Å². The fraction of sp³-hybridized carbons (Fsp3) is 0.0667. The van der Waals surface area contributed by atoms with Crippen LogP contribution in [0.2, 0.25) is 0 Å². The van der Waals surface area contributed by atoms with Gasteiger partial charge in [-0.2, -0.15) is 5.10 Å². The summed E-state index contributed by atoms with van der Waals surface area (Å²) in [4.78, 5) is 0.251. The minimum Gasteiger partial charge on any atom is -0.374 e. The molecule has 1 atom stereocenters. The van der Waals surface area contributed by atoms with Crippen LogP contribution in [0, 0.1) is 5.75 Å². The number of nitrogens with zero attached hydrogens (tertiary/aromatic N) is 1. The van der Waals surface area contributed by atoms with Gasteiger partial charge in [0.05, 0.1) is 27.8 Å². The highest BCUT2D eigenvalue weighted by atomic mass is 32.2. The molecule has 2 heterocycles. The van der Waals surface area contributed by atoms with Crippen molar-refractivity contribution in [2.45, 2.75) is 10.9 Å². The number of aromatic nitrogens is 2. The Morgan fingerprint density at radius 1 is 1.05 bits per heavy atom. The van der Waals surface area contributed by atoms with Gasteiger partial charge in [-0.05, 0) is 18.2 Å². The summed E-state index contributed by atoms with van der Waals surface area (Å²) in [6.07, 6.45) is 0. The van der Waals surface area contributed by atoms with Crippen LogP contribution >= 0.6 is 0 Å². The standard InChI is InChI=1S/C15H11N3O2S/c19-21(20)9-13(16-12-7-3-4-8-14(12)21)15-10-5-1-2-6-11(10)17-18-15/h1-8,13,16H,(H,17,18). The Labute approximate surface area is 121 Å². The third-order valence-corrected chi connectivity index (χ3v) is 5.00. The summed E-state index contributed by atoms with van der Waals surface area (Å²) in [5.41, 5.74) is 2.07. The van der Waals surface area contributed by atoms with Gasteiger partial charge in [-0.1, -0.05) is 30.3 Å². The summed E-state index contributed by atoms with van der Waals surface area (Å²) in [7, 11) is -3.55. The number of aromatic amines is 1. The molecule has 1 aromatic heterocycles. The average Bonchev–Trinajstić information content (AvgIpc) is 2.90. The van der Waals surface area contributed by atoms with E-state index in [0.717, 1.165) is 10.9 Å². The number of sulfone groups is 1. The molecule has 0 spiro atoms. The normalized spacial score (nSPS) is 19.9. The van der Waals surface area contributed by atoms with Crippen LogP contribution < -0.4 is 5.32 Å². The van der Waals surface area contributed by atoms with Gasteiger partial charge >= 0.3 is 0 Å². The SMILES string of the molecule is O=S1(=O)[C]C(c2n[nH]c3ccccc23)Nc2ccccc21. The topological polar surface area (TPSA) is 74.8 Å². The monoisotopic (exact) mass is 297 g/mol. The summed E-state index contributed by atoms with van der Waals surface area (Å²) >= 11 is 0. The van der Waals surface area contributed by atoms with Crippen molar-refractivity contribution < 1.29 is 8.42 Å². The smallest absolute Gasteiger partial charge is 0.192 e. The molecule has 1 unspecified atom stereocenters. The average molecular weight is 297 g/mol. The Morgan fingerprint density at radius 2 is 1.81 bits per heavy atom. The van der Waals surface area contributed by atoms with Crippen LogP contribution in [0.5, 0.6) is 0 Å². The molecule has 6 heteroatoms. The van der Waals surface area contributed by atoms with Gasteiger partial charge in [-0.15, -0.1) is 0 Å². The molecule has 2 aromatic carbocycles. The van der Waals surface area contributed by atoms with Gasteiger partial charge in [0.1, 0.15) is 0 Å². The molecule has 5 nitrogen and oxygen atoms in total. The predicted molar refractivity (Wildman–Crippen MR) is 79.3 cm³/mol. The summed E-state index contributed by atoms with van der Waals surface area (Å²) in [6.45, 7) is 0. The van der Waals surface area contributed by atoms with Crippen LogP contribution in [-0.4, -0.2) is 18.6 Å². The molecule has 4 rings (SSSR count). The number of nitrogens with one attached hydrogen (secondary N) is 2. The first-order chi connectivity index (χ1) is 10.1. The van der Waals surface area contributed by atoms with Crippen LogP contribution in [0.4, 0.5) is 5.69 Å². The molecule has 1 aliphatic rings. The van der Waals surface area contributed by atoms with Gasteiger partial charge in [0.25, 0.3) is 0 Å². The molecule has 3 aromatic rings. The molecule has 2 radical (unpaired) electrons. The highest BCUT2D eigenvalue weighted by molar-refractivity contribution is 7.93. The molecule has 0 bridgehead atoms. The first-order valence-electron chi connectivity index (χ1n) is 6.46. The molecule has 21 heavy (non-hydrogen) atoms.